The van der Waals surface area contributed by atoms with Gasteiger partial charge in [-0.3, -0.25) is 14.6 Å². The van der Waals surface area contributed by atoms with Gasteiger partial charge in [0.15, 0.2) is 0 Å². The van der Waals surface area contributed by atoms with Gasteiger partial charge >= 0.3 is 0 Å². The molecule has 2 amide bonds. The number of benzene rings is 1. The van der Waals surface area contributed by atoms with Crippen LogP contribution in [0.1, 0.15) is 17.7 Å². The predicted molar refractivity (Wildman–Crippen MR) is 104 cm³/mol. The molecule has 0 aliphatic carbocycles. The van der Waals surface area contributed by atoms with Crippen LogP contribution in [-0.2, 0) is 22.4 Å². The highest BCUT2D eigenvalue weighted by Crippen LogP contribution is 2.18. The summed E-state index contributed by atoms with van der Waals surface area (Å²) in [4.78, 5) is 32.7. The van der Waals surface area contributed by atoms with Crippen LogP contribution in [0, 0.1) is 0 Å². The maximum absolute atomic E-state index is 12.4. The van der Waals surface area contributed by atoms with Crippen LogP contribution < -0.4 is 0 Å². The summed E-state index contributed by atoms with van der Waals surface area (Å²) in [5.41, 5.74) is 1.93. The molecular weight excluding hydrogens is 394 g/mol. The third-order valence-electron chi connectivity index (χ3n) is 4.61. The summed E-state index contributed by atoms with van der Waals surface area (Å²) in [6, 6.07) is 13.6. The first-order valence-corrected chi connectivity index (χ1v) is 9.61. The highest BCUT2D eigenvalue weighted by molar-refractivity contribution is 9.10. The summed E-state index contributed by atoms with van der Waals surface area (Å²) in [7, 11) is 0. The van der Waals surface area contributed by atoms with E-state index in [1.54, 1.807) is 6.20 Å². The van der Waals surface area contributed by atoms with Crippen LogP contribution in [0.4, 0.5) is 0 Å². The van der Waals surface area contributed by atoms with Gasteiger partial charge in [-0.25, -0.2) is 0 Å². The molecule has 0 atom stereocenters. The molecule has 1 fully saturated rings. The van der Waals surface area contributed by atoms with Gasteiger partial charge in [0, 0.05) is 49.0 Å². The van der Waals surface area contributed by atoms with Crippen molar-refractivity contribution in [3.05, 3.63) is 64.4 Å². The zero-order chi connectivity index (χ0) is 18.4. The van der Waals surface area contributed by atoms with Crippen molar-refractivity contribution >= 4 is 27.7 Å². The summed E-state index contributed by atoms with van der Waals surface area (Å²) >= 11 is 3.52. The number of halogens is 1. The Morgan fingerprint density at radius 2 is 1.58 bits per heavy atom. The molecule has 2 heterocycles. The standard InChI is InChI=1S/C20H22BrN3O2/c21-18-7-2-1-5-16(18)8-9-19(25)23-11-13-24(14-12-23)20(26)15-17-6-3-4-10-22-17/h1-7,10H,8-9,11-15H2. The van der Waals surface area contributed by atoms with E-state index in [1.807, 2.05) is 52.3 Å². The quantitative estimate of drug-likeness (QED) is 0.753. The third kappa shape index (κ3) is 4.91. The van der Waals surface area contributed by atoms with Crippen molar-refractivity contribution in [3.63, 3.8) is 0 Å². The lowest BCUT2D eigenvalue weighted by Crippen LogP contribution is -2.51. The first-order chi connectivity index (χ1) is 12.6. The Morgan fingerprint density at radius 3 is 2.23 bits per heavy atom. The second-order valence-corrected chi connectivity index (χ2v) is 7.21. The maximum atomic E-state index is 12.4. The lowest BCUT2D eigenvalue weighted by atomic mass is 10.1. The molecule has 136 valence electrons. The van der Waals surface area contributed by atoms with Crippen molar-refractivity contribution in [2.45, 2.75) is 19.3 Å². The van der Waals surface area contributed by atoms with E-state index in [1.165, 1.54) is 0 Å². The highest BCUT2D eigenvalue weighted by atomic mass is 79.9. The molecule has 1 aromatic heterocycles. The molecule has 0 spiro atoms. The molecule has 0 bridgehead atoms. The molecule has 3 rings (SSSR count). The smallest absolute Gasteiger partial charge is 0.228 e. The van der Waals surface area contributed by atoms with Crippen molar-refractivity contribution in [2.75, 3.05) is 26.2 Å². The number of hydrogen-bond donors (Lipinski definition) is 0. The van der Waals surface area contributed by atoms with Crippen LogP contribution in [0.15, 0.2) is 53.1 Å². The minimum absolute atomic E-state index is 0.0732. The van der Waals surface area contributed by atoms with Gasteiger partial charge in [-0.1, -0.05) is 40.2 Å². The number of pyridine rings is 1. The maximum Gasteiger partial charge on any atom is 0.228 e. The summed E-state index contributed by atoms with van der Waals surface area (Å²) in [6.07, 6.45) is 3.23. The Kier molecular flexibility index (Phi) is 6.39. The van der Waals surface area contributed by atoms with E-state index in [0.717, 1.165) is 22.2 Å². The molecule has 26 heavy (non-hydrogen) atoms. The highest BCUT2D eigenvalue weighted by Gasteiger charge is 2.24. The Bertz CT molecular complexity index is 759. The Hall–Kier alpha value is -2.21. The van der Waals surface area contributed by atoms with Gasteiger partial charge in [0.25, 0.3) is 0 Å². The number of carbonyl (C=O) groups excluding carboxylic acids is 2. The lowest BCUT2D eigenvalue weighted by molar-refractivity contribution is -0.139. The zero-order valence-corrected chi connectivity index (χ0v) is 16.2. The van der Waals surface area contributed by atoms with Crippen LogP contribution in [0.3, 0.4) is 0 Å². The molecule has 0 N–H and O–H groups in total. The van der Waals surface area contributed by atoms with Crippen molar-refractivity contribution in [3.8, 4) is 0 Å². The van der Waals surface area contributed by atoms with Crippen LogP contribution in [0.2, 0.25) is 0 Å². The fraction of sp³-hybridized carbons (Fsp3) is 0.350. The monoisotopic (exact) mass is 415 g/mol. The second kappa shape index (κ2) is 8.94. The zero-order valence-electron chi connectivity index (χ0n) is 14.6. The fourth-order valence-corrected chi connectivity index (χ4v) is 3.56. The molecule has 5 nitrogen and oxygen atoms in total. The van der Waals surface area contributed by atoms with E-state index < -0.39 is 0 Å². The molecule has 1 saturated heterocycles. The summed E-state index contributed by atoms with van der Waals surface area (Å²) in [6.45, 7) is 2.38. The average molecular weight is 416 g/mol. The summed E-state index contributed by atoms with van der Waals surface area (Å²) in [5.74, 6) is 0.224. The van der Waals surface area contributed by atoms with Crippen molar-refractivity contribution in [1.29, 1.82) is 0 Å². The number of carbonyl (C=O) groups is 2. The topological polar surface area (TPSA) is 53.5 Å². The van der Waals surface area contributed by atoms with Crippen LogP contribution in [0.5, 0.6) is 0 Å². The van der Waals surface area contributed by atoms with Gasteiger partial charge in [-0.2, -0.15) is 0 Å². The van der Waals surface area contributed by atoms with Gasteiger partial charge < -0.3 is 9.80 Å². The first-order valence-electron chi connectivity index (χ1n) is 8.82. The summed E-state index contributed by atoms with van der Waals surface area (Å²) in [5, 5.41) is 0. The van der Waals surface area contributed by atoms with E-state index in [-0.39, 0.29) is 11.8 Å². The van der Waals surface area contributed by atoms with E-state index >= 15 is 0 Å². The number of hydrogen-bond acceptors (Lipinski definition) is 3. The molecule has 0 unspecified atom stereocenters. The van der Waals surface area contributed by atoms with Crippen molar-refractivity contribution < 1.29 is 9.59 Å². The van der Waals surface area contributed by atoms with Crippen molar-refractivity contribution in [1.82, 2.24) is 14.8 Å². The number of piperazine rings is 1. The number of rotatable bonds is 5. The second-order valence-electron chi connectivity index (χ2n) is 6.35. The number of aryl methyl sites for hydroxylation is 1. The van der Waals surface area contributed by atoms with Crippen LogP contribution >= 0.6 is 15.9 Å². The molecule has 0 saturated carbocycles. The van der Waals surface area contributed by atoms with Gasteiger partial charge in [0.2, 0.25) is 11.8 Å². The first kappa shape index (κ1) is 18.6. The summed E-state index contributed by atoms with van der Waals surface area (Å²) < 4.78 is 1.04. The molecule has 6 heteroatoms. The Balaban J connectivity index is 1.45. The predicted octanol–water partition coefficient (Wildman–Crippen LogP) is 2.69. The van der Waals surface area contributed by atoms with E-state index in [4.69, 9.17) is 0 Å². The minimum Gasteiger partial charge on any atom is -0.339 e. The van der Waals surface area contributed by atoms with Crippen LogP contribution in [-0.4, -0.2) is 52.8 Å². The van der Waals surface area contributed by atoms with Gasteiger partial charge in [0.05, 0.1) is 6.42 Å². The third-order valence-corrected chi connectivity index (χ3v) is 5.38. The molecule has 1 aliphatic heterocycles. The van der Waals surface area contributed by atoms with Crippen LogP contribution in [0.25, 0.3) is 0 Å². The van der Waals surface area contributed by atoms with E-state index in [2.05, 4.69) is 20.9 Å². The van der Waals surface area contributed by atoms with Gasteiger partial charge in [0.1, 0.15) is 0 Å². The van der Waals surface area contributed by atoms with E-state index in [9.17, 15) is 9.59 Å². The largest absolute Gasteiger partial charge is 0.339 e. The molecular formula is C20H22BrN3O2. The fourth-order valence-electron chi connectivity index (χ4n) is 3.08. The minimum atomic E-state index is 0.0732. The Morgan fingerprint density at radius 1 is 0.923 bits per heavy atom. The number of aromatic nitrogens is 1. The molecule has 2 aromatic rings. The molecule has 1 aliphatic rings. The van der Waals surface area contributed by atoms with E-state index in [0.29, 0.717) is 39.0 Å². The molecule has 0 radical (unpaired) electrons. The number of nitrogens with zero attached hydrogens (tertiary/aromatic N) is 3. The Labute approximate surface area is 162 Å². The number of amides is 2. The van der Waals surface area contributed by atoms with Gasteiger partial charge in [-0.15, -0.1) is 0 Å². The average Bonchev–Trinajstić information content (AvgIpc) is 2.68. The lowest BCUT2D eigenvalue weighted by Gasteiger charge is -2.35. The van der Waals surface area contributed by atoms with Crippen molar-refractivity contribution in [2.24, 2.45) is 0 Å². The normalized spacial score (nSPS) is 14.3. The van der Waals surface area contributed by atoms with Gasteiger partial charge in [-0.05, 0) is 30.2 Å². The SMILES string of the molecule is O=C(CCc1ccccc1Br)N1CCN(C(=O)Cc2ccccn2)CC1. The molecule has 1 aromatic carbocycles.